The molecule has 0 bridgehead atoms. The molecule has 2 rings (SSSR count). The van der Waals surface area contributed by atoms with Crippen LogP contribution in [0.15, 0.2) is 12.1 Å². The summed E-state index contributed by atoms with van der Waals surface area (Å²) in [5.74, 6) is 2.76. The second-order valence-electron chi connectivity index (χ2n) is 7.61. The lowest BCUT2D eigenvalue weighted by Gasteiger charge is -2.30. The molecule has 1 N–H and O–H groups in total. The maximum atomic E-state index is 12.1. The molecule has 1 heterocycles. The van der Waals surface area contributed by atoms with Gasteiger partial charge in [-0.15, -0.1) is 0 Å². The predicted octanol–water partition coefficient (Wildman–Crippen LogP) is 3.27. The zero-order valence-corrected chi connectivity index (χ0v) is 17.9. The van der Waals surface area contributed by atoms with Crippen molar-refractivity contribution >= 4 is 5.91 Å². The number of hydrogen-bond acceptors (Lipinski definition) is 5. The summed E-state index contributed by atoms with van der Waals surface area (Å²) < 4.78 is 16.1. The summed E-state index contributed by atoms with van der Waals surface area (Å²) >= 11 is 0. The van der Waals surface area contributed by atoms with Crippen LogP contribution in [-0.4, -0.2) is 58.3 Å². The highest BCUT2D eigenvalue weighted by atomic mass is 16.5. The van der Waals surface area contributed by atoms with Crippen molar-refractivity contribution in [2.75, 3.05) is 47.5 Å². The number of methoxy groups -OCH3 is 3. The van der Waals surface area contributed by atoms with Gasteiger partial charge in [-0.1, -0.05) is 6.92 Å². The van der Waals surface area contributed by atoms with Crippen molar-refractivity contribution in [3.05, 3.63) is 17.7 Å². The number of likely N-dealkylation sites (tertiary alicyclic amines) is 1. The molecule has 1 amide bonds. The van der Waals surface area contributed by atoms with Crippen molar-refractivity contribution in [3.8, 4) is 17.2 Å². The normalized spacial score (nSPS) is 15.3. The number of piperidine rings is 1. The highest BCUT2D eigenvalue weighted by Gasteiger charge is 2.15. The monoisotopic (exact) mass is 392 g/mol. The lowest BCUT2D eigenvalue weighted by Crippen LogP contribution is -2.34. The Kier molecular flexibility index (Phi) is 9.41. The summed E-state index contributed by atoms with van der Waals surface area (Å²) in [6, 6.07) is 3.79. The van der Waals surface area contributed by atoms with Crippen LogP contribution in [0.4, 0.5) is 0 Å². The van der Waals surface area contributed by atoms with Crippen molar-refractivity contribution in [2.45, 2.75) is 45.4 Å². The van der Waals surface area contributed by atoms with E-state index in [-0.39, 0.29) is 5.91 Å². The summed E-state index contributed by atoms with van der Waals surface area (Å²) in [5, 5.41) is 3.03. The molecule has 28 heavy (non-hydrogen) atoms. The molecule has 1 saturated heterocycles. The maximum Gasteiger partial charge on any atom is 0.220 e. The van der Waals surface area contributed by atoms with Crippen LogP contribution in [0.25, 0.3) is 0 Å². The molecule has 1 aliphatic heterocycles. The summed E-state index contributed by atoms with van der Waals surface area (Å²) in [4.78, 5) is 14.7. The molecule has 1 aromatic carbocycles. The fraction of sp³-hybridized carbons (Fsp3) is 0.682. The van der Waals surface area contributed by atoms with E-state index in [0.29, 0.717) is 30.1 Å². The Morgan fingerprint density at radius 3 is 2.29 bits per heavy atom. The summed E-state index contributed by atoms with van der Waals surface area (Å²) in [7, 11) is 4.77. The van der Waals surface area contributed by atoms with Gasteiger partial charge in [0.05, 0.1) is 21.3 Å². The summed E-state index contributed by atoms with van der Waals surface area (Å²) in [5.41, 5.74) is 0.990. The van der Waals surface area contributed by atoms with Crippen LogP contribution >= 0.6 is 0 Å². The van der Waals surface area contributed by atoms with Crippen LogP contribution in [0, 0.1) is 5.92 Å². The van der Waals surface area contributed by atoms with Crippen LogP contribution in [-0.2, 0) is 11.2 Å². The highest BCUT2D eigenvalue weighted by molar-refractivity contribution is 5.76. The average molecular weight is 393 g/mol. The standard InChI is InChI=1S/C22H36N2O4/c1-17-9-13-24(14-10-17)12-6-5-11-23-21(25)8-7-18-15-19(26-2)22(28-4)20(16-18)27-3/h15-17H,5-14H2,1-4H3,(H,23,25). The van der Waals surface area contributed by atoms with Gasteiger partial charge in [-0.2, -0.15) is 0 Å². The van der Waals surface area contributed by atoms with E-state index in [1.165, 1.54) is 25.9 Å². The summed E-state index contributed by atoms with van der Waals surface area (Å²) in [6.45, 7) is 6.68. The minimum absolute atomic E-state index is 0.0838. The number of benzene rings is 1. The average Bonchev–Trinajstić information content (AvgIpc) is 2.72. The number of nitrogens with zero attached hydrogens (tertiary/aromatic N) is 1. The van der Waals surface area contributed by atoms with E-state index >= 15 is 0 Å². The molecule has 0 radical (unpaired) electrons. The number of aryl methyl sites for hydroxylation is 1. The van der Waals surface area contributed by atoms with Gasteiger partial charge in [-0.25, -0.2) is 0 Å². The predicted molar refractivity (Wildman–Crippen MR) is 112 cm³/mol. The van der Waals surface area contributed by atoms with Gasteiger partial charge in [0.1, 0.15) is 0 Å². The van der Waals surface area contributed by atoms with Crippen molar-refractivity contribution < 1.29 is 19.0 Å². The lowest BCUT2D eigenvalue weighted by atomic mass is 9.99. The number of carbonyl (C=O) groups excluding carboxylic acids is 1. The molecule has 0 atom stereocenters. The fourth-order valence-electron chi connectivity index (χ4n) is 3.60. The van der Waals surface area contributed by atoms with Gasteiger partial charge in [0, 0.05) is 13.0 Å². The minimum Gasteiger partial charge on any atom is -0.493 e. The van der Waals surface area contributed by atoms with Crippen LogP contribution in [0.5, 0.6) is 17.2 Å². The van der Waals surface area contributed by atoms with Crippen molar-refractivity contribution in [2.24, 2.45) is 5.92 Å². The Balaban J connectivity index is 1.67. The van der Waals surface area contributed by atoms with E-state index in [9.17, 15) is 4.79 Å². The zero-order valence-electron chi connectivity index (χ0n) is 17.9. The number of unbranched alkanes of at least 4 members (excludes halogenated alkanes) is 1. The molecule has 0 spiro atoms. The number of rotatable bonds is 11. The maximum absolute atomic E-state index is 12.1. The fourth-order valence-corrected chi connectivity index (χ4v) is 3.60. The van der Waals surface area contributed by atoms with Gasteiger partial charge >= 0.3 is 0 Å². The quantitative estimate of drug-likeness (QED) is 0.586. The first-order valence-corrected chi connectivity index (χ1v) is 10.3. The van der Waals surface area contributed by atoms with Crippen LogP contribution in [0.1, 0.15) is 44.6 Å². The second kappa shape index (κ2) is 11.8. The molecule has 6 nitrogen and oxygen atoms in total. The molecular formula is C22H36N2O4. The number of carbonyl (C=O) groups is 1. The van der Waals surface area contributed by atoms with Gasteiger partial charge in [0.2, 0.25) is 11.7 Å². The van der Waals surface area contributed by atoms with Crippen molar-refractivity contribution in [3.63, 3.8) is 0 Å². The number of ether oxygens (including phenoxy) is 3. The molecule has 0 saturated carbocycles. The van der Waals surface area contributed by atoms with Crippen LogP contribution in [0.3, 0.4) is 0 Å². The molecular weight excluding hydrogens is 356 g/mol. The van der Waals surface area contributed by atoms with E-state index in [4.69, 9.17) is 14.2 Å². The molecule has 6 heteroatoms. The first kappa shape index (κ1) is 22.3. The Labute approximate surface area is 169 Å². The summed E-state index contributed by atoms with van der Waals surface area (Å²) in [6.07, 6.45) is 5.88. The van der Waals surface area contributed by atoms with Gasteiger partial charge in [0.15, 0.2) is 11.5 Å². The Morgan fingerprint density at radius 2 is 1.71 bits per heavy atom. The molecule has 1 aliphatic rings. The smallest absolute Gasteiger partial charge is 0.220 e. The Hall–Kier alpha value is -1.95. The van der Waals surface area contributed by atoms with E-state index in [2.05, 4.69) is 17.1 Å². The lowest BCUT2D eigenvalue weighted by molar-refractivity contribution is -0.121. The zero-order chi connectivity index (χ0) is 20.4. The van der Waals surface area contributed by atoms with Crippen LogP contribution < -0.4 is 19.5 Å². The third kappa shape index (κ3) is 6.89. The second-order valence-corrected chi connectivity index (χ2v) is 7.61. The minimum atomic E-state index is 0.0838. The van der Waals surface area contributed by atoms with Gasteiger partial charge in [0.25, 0.3) is 0 Å². The van der Waals surface area contributed by atoms with E-state index in [0.717, 1.165) is 37.4 Å². The number of nitrogens with one attached hydrogen (secondary N) is 1. The Morgan fingerprint density at radius 1 is 1.07 bits per heavy atom. The van der Waals surface area contributed by atoms with E-state index in [1.807, 2.05) is 12.1 Å². The topological polar surface area (TPSA) is 60.0 Å². The first-order chi connectivity index (χ1) is 13.6. The van der Waals surface area contributed by atoms with Crippen molar-refractivity contribution in [1.29, 1.82) is 0 Å². The highest BCUT2D eigenvalue weighted by Crippen LogP contribution is 2.38. The van der Waals surface area contributed by atoms with Gasteiger partial charge in [-0.05, 0) is 75.4 Å². The third-order valence-corrected chi connectivity index (χ3v) is 5.46. The largest absolute Gasteiger partial charge is 0.493 e. The van der Waals surface area contributed by atoms with Gasteiger partial charge in [-0.3, -0.25) is 4.79 Å². The van der Waals surface area contributed by atoms with E-state index in [1.54, 1.807) is 21.3 Å². The van der Waals surface area contributed by atoms with Crippen molar-refractivity contribution in [1.82, 2.24) is 10.2 Å². The molecule has 0 aliphatic carbocycles. The molecule has 158 valence electrons. The SMILES string of the molecule is COc1cc(CCC(=O)NCCCCN2CCC(C)CC2)cc(OC)c1OC. The third-order valence-electron chi connectivity index (χ3n) is 5.46. The number of hydrogen-bond donors (Lipinski definition) is 1. The Bertz CT molecular complexity index is 588. The van der Waals surface area contributed by atoms with Crippen LogP contribution in [0.2, 0.25) is 0 Å². The van der Waals surface area contributed by atoms with Gasteiger partial charge < -0.3 is 24.4 Å². The molecule has 0 aromatic heterocycles. The first-order valence-electron chi connectivity index (χ1n) is 10.3. The van der Waals surface area contributed by atoms with E-state index < -0.39 is 0 Å². The molecule has 1 fully saturated rings. The molecule has 1 aromatic rings. The number of amides is 1. The molecule has 0 unspecified atom stereocenters.